The van der Waals surface area contributed by atoms with Gasteiger partial charge in [0.25, 0.3) is 0 Å². The van der Waals surface area contributed by atoms with E-state index in [2.05, 4.69) is 10.3 Å². The fraction of sp³-hybridized carbons (Fsp3) is 0.417. The molecule has 0 fully saturated rings. The van der Waals surface area contributed by atoms with Crippen LogP contribution in [-0.4, -0.2) is 34.8 Å². The van der Waals surface area contributed by atoms with Gasteiger partial charge in [0.1, 0.15) is 5.03 Å². The highest BCUT2D eigenvalue weighted by molar-refractivity contribution is 7.99. The predicted molar refractivity (Wildman–Crippen MR) is 70.1 cm³/mol. The zero-order chi connectivity index (χ0) is 13.7. The standard InChI is InChI=1S/C12H16N2O3S/c1-7-6-8(2)14-11(10(7)12(16)17)18-5-4-9(15)13-3/h6H,4-5H2,1-3H3,(H,13,15)(H,16,17). The molecule has 0 unspecified atom stereocenters. The van der Waals surface area contributed by atoms with Gasteiger partial charge < -0.3 is 10.4 Å². The predicted octanol–water partition coefficient (Wildman–Crippen LogP) is 1.62. The molecular formula is C12H16N2O3S. The summed E-state index contributed by atoms with van der Waals surface area (Å²) in [6.45, 7) is 3.57. The van der Waals surface area contributed by atoms with Crippen LogP contribution >= 0.6 is 11.8 Å². The number of pyridine rings is 1. The maximum absolute atomic E-state index is 11.2. The van der Waals surface area contributed by atoms with Gasteiger partial charge in [-0.05, 0) is 25.5 Å². The number of thioether (sulfide) groups is 1. The first kappa shape index (κ1) is 14.5. The van der Waals surface area contributed by atoms with Crippen LogP contribution in [0.3, 0.4) is 0 Å². The molecule has 1 aromatic rings. The maximum Gasteiger partial charge on any atom is 0.338 e. The molecule has 18 heavy (non-hydrogen) atoms. The summed E-state index contributed by atoms with van der Waals surface area (Å²) >= 11 is 1.29. The van der Waals surface area contributed by atoms with Crippen LogP contribution in [-0.2, 0) is 4.79 Å². The van der Waals surface area contributed by atoms with E-state index in [4.69, 9.17) is 5.11 Å². The van der Waals surface area contributed by atoms with E-state index in [-0.39, 0.29) is 11.5 Å². The summed E-state index contributed by atoms with van der Waals surface area (Å²) in [5, 5.41) is 12.2. The number of rotatable bonds is 5. The zero-order valence-corrected chi connectivity index (χ0v) is 11.4. The number of nitrogens with one attached hydrogen (secondary N) is 1. The van der Waals surface area contributed by atoms with Crippen molar-refractivity contribution >= 4 is 23.6 Å². The first-order valence-electron chi connectivity index (χ1n) is 5.50. The molecule has 1 amide bonds. The topological polar surface area (TPSA) is 79.3 Å². The summed E-state index contributed by atoms with van der Waals surface area (Å²) in [5.74, 6) is -0.540. The molecule has 0 bridgehead atoms. The zero-order valence-electron chi connectivity index (χ0n) is 10.6. The van der Waals surface area contributed by atoms with Crippen molar-refractivity contribution in [2.24, 2.45) is 0 Å². The minimum absolute atomic E-state index is 0.0660. The van der Waals surface area contributed by atoms with E-state index in [0.29, 0.717) is 22.8 Å². The number of carbonyl (C=O) groups excluding carboxylic acids is 1. The van der Waals surface area contributed by atoms with Gasteiger partial charge in [0, 0.05) is 24.9 Å². The number of aryl methyl sites for hydroxylation is 2. The molecule has 1 rings (SSSR count). The van der Waals surface area contributed by atoms with Gasteiger partial charge in [-0.15, -0.1) is 11.8 Å². The Labute approximate surface area is 110 Å². The van der Waals surface area contributed by atoms with E-state index in [1.54, 1.807) is 20.0 Å². The number of nitrogens with zero attached hydrogens (tertiary/aromatic N) is 1. The van der Waals surface area contributed by atoms with Crippen LogP contribution in [0.5, 0.6) is 0 Å². The molecule has 6 heteroatoms. The average molecular weight is 268 g/mol. The Balaban J connectivity index is 2.87. The van der Waals surface area contributed by atoms with Crippen molar-refractivity contribution in [2.45, 2.75) is 25.3 Å². The Morgan fingerprint density at radius 3 is 2.67 bits per heavy atom. The van der Waals surface area contributed by atoms with Crippen LogP contribution in [0.4, 0.5) is 0 Å². The van der Waals surface area contributed by atoms with E-state index in [1.807, 2.05) is 6.92 Å². The third-order valence-electron chi connectivity index (χ3n) is 2.37. The van der Waals surface area contributed by atoms with Crippen LogP contribution in [0.15, 0.2) is 11.1 Å². The number of aromatic nitrogens is 1. The second-order valence-electron chi connectivity index (χ2n) is 3.84. The van der Waals surface area contributed by atoms with Crippen molar-refractivity contribution in [3.8, 4) is 0 Å². The van der Waals surface area contributed by atoms with Crippen molar-refractivity contribution in [3.05, 3.63) is 22.9 Å². The van der Waals surface area contributed by atoms with E-state index in [1.165, 1.54) is 11.8 Å². The number of carbonyl (C=O) groups is 2. The normalized spacial score (nSPS) is 10.2. The minimum Gasteiger partial charge on any atom is -0.478 e. The number of hydrogen-bond donors (Lipinski definition) is 2. The molecule has 0 radical (unpaired) electrons. The highest BCUT2D eigenvalue weighted by Crippen LogP contribution is 2.24. The Hall–Kier alpha value is -1.56. The lowest BCUT2D eigenvalue weighted by atomic mass is 10.1. The minimum atomic E-state index is -0.984. The van der Waals surface area contributed by atoms with Gasteiger partial charge in [0.2, 0.25) is 5.91 Å². The monoisotopic (exact) mass is 268 g/mol. The molecule has 0 aromatic carbocycles. The number of amides is 1. The van der Waals surface area contributed by atoms with Crippen LogP contribution in [0, 0.1) is 13.8 Å². The van der Waals surface area contributed by atoms with Gasteiger partial charge in [-0.1, -0.05) is 0 Å². The number of carboxylic acid groups (broad SMARTS) is 1. The van der Waals surface area contributed by atoms with Crippen molar-refractivity contribution in [1.82, 2.24) is 10.3 Å². The van der Waals surface area contributed by atoms with E-state index in [9.17, 15) is 9.59 Å². The smallest absolute Gasteiger partial charge is 0.338 e. The summed E-state index contributed by atoms with van der Waals surface area (Å²) in [7, 11) is 1.57. The second kappa shape index (κ2) is 6.39. The summed E-state index contributed by atoms with van der Waals surface area (Å²) < 4.78 is 0. The number of hydrogen-bond acceptors (Lipinski definition) is 4. The van der Waals surface area contributed by atoms with Gasteiger partial charge in [0.15, 0.2) is 0 Å². The van der Waals surface area contributed by atoms with E-state index in [0.717, 1.165) is 5.69 Å². The van der Waals surface area contributed by atoms with Gasteiger partial charge in [0.05, 0.1) is 5.56 Å². The lowest BCUT2D eigenvalue weighted by Crippen LogP contribution is -2.18. The van der Waals surface area contributed by atoms with Crippen molar-refractivity contribution in [2.75, 3.05) is 12.8 Å². The fourth-order valence-electron chi connectivity index (χ4n) is 1.53. The van der Waals surface area contributed by atoms with E-state index >= 15 is 0 Å². The van der Waals surface area contributed by atoms with Crippen molar-refractivity contribution in [3.63, 3.8) is 0 Å². The molecule has 0 aliphatic carbocycles. The summed E-state index contributed by atoms with van der Waals surface area (Å²) in [6, 6.07) is 1.74. The quantitative estimate of drug-likeness (QED) is 0.793. The molecule has 0 atom stereocenters. The van der Waals surface area contributed by atoms with E-state index < -0.39 is 5.97 Å². The fourth-order valence-corrected chi connectivity index (χ4v) is 2.61. The number of aromatic carboxylic acids is 1. The second-order valence-corrected chi connectivity index (χ2v) is 4.92. The van der Waals surface area contributed by atoms with Gasteiger partial charge >= 0.3 is 5.97 Å². The first-order chi connectivity index (χ1) is 8.45. The molecule has 1 aromatic heterocycles. The lowest BCUT2D eigenvalue weighted by Gasteiger charge is -2.09. The summed E-state index contributed by atoms with van der Waals surface area (Å²) in [4.78, 5) is 26.5. The highest BCUT2D eigenvalue weighted by Gasteiger charge is 2.16. The van der Waals surface area contributed by atoms with Gasteiger partial charge in [-0.3, -0.25) is 4.79 Å². The third kappa shape index (κ3) is 3.73. The molecule has 98 valence electrons. The molecule has 2 N–H and O–H groups in total. The summed E-state index contributed by atoms with van der Waals surface area (Å²) in [6.07, 6.45) is 0.342. The average Bonchev–Trinajstić information content (AvgIpc) is 2.27. The molecule has 5 nitrogen and oxygen atoms in total. The Bertz CT molecular complexity index is 475. The third-order valence-corrected chi connectivity index (χ3v) is 3.35. The molecule has 0 aliphatic rings. The summed E-state index contributed by atoms with van der Waals surface area (Å²) in [5.41, 5.74) is 1.69. The lowest BCUT2D eigenvalue weighted by molar-refractivity contribution is -0.120. The molecule has 0 saturated carbocycles. The molecule has 0 spiro atoms. The Morgan fingerprint density at radius 2 is 2.11 bits per heavy atom. The van der Waals surface area contributed by atoms with Crippen LogP contribution in [0.2, 0.25) is 0 Å². The highest BCUT2D eigenvalue weighted by atomic mass is 32.2. The SMILES string of the molecule is CNC(=O)CCSc1nc(C)cc(C)c1C(=O)O. The Morgan fingerprint density at radius 1 is 1.44 bits per heavy atom. The maximum atomic E-state index is 11.2. The van der Waals surface area contributed by atoms with Crippen molar-refractivity contribution < 1.29 is 14.7 Å². The molecule has 0 saturated heterocycles. The Kier molecular flexibility index (Phi) is 5.15. The molecular weight excluding hydrogens is 252 g/mol. The van der Waals surface area contributed by atoms with Crippen LogP contribution < -0.4 is 5.32 Å². The molecule has 0 aliphatic heterocycles. The van der Waals surface area contributed by atoms with Crippen LogP contribution in [0.1, 0.15) is 28.0 Å². The van der Waals surface area contributed by atoms with Crippen molar-refractivity contribution in [1.29, 1.82) is 0 Å². The number of carboxylic acids is 1. The largest absolute Gasteiger partial charge is 0.478 e. The van der Waals surface area contributed by atoms with Gasteiger partial charge in [-0.25, -0.2) is 9.78 Å². The first-order valence-corrected chi connectivity index (χ1v) is 6.49. The van der Waals surface area contributed by atoms with Crippen LogP contribution in [0.25, 0.3) is 0 Å². The van der Waals surface area contributed by atoms with Gasteiger partial charge in [-0.2, -0.15) is 0 Å². The molecule has 1 heterocycles.